The van der Waals surface area contributed by atoms with Crippen LogP contribution in [0, 0.1) is 10.1 Å². The van der Waals surface area contributed by atoms with E-state index in [4.69, 9.17) is 21.1 Å². The summed E-state index contributed by atoms with van der Waals surface area (Å²) in [6, 6.07) is 8.02. The van der Waals surface area contributed by atoms with E-state index in [1.807, 2.05) is 13.8 Å². The van der Waals surface area contributed by atoms with Gasteiger partial charge in [0.1, 0.15) is 5.82 Å². The molecule has 0 aliphatic rings. The lowest BCUT2D eigenvalue weighted by Gasteiger charge is -2.14. The van der Waals surface area contributed by atoms with Gasteiger partial charge in [-0.15, -0.1) is 0 Å². The van der Waals surface area contributed by atoms with Crippen LogP contribution in [0.1, 0.15) is 20.3 Å². The van der Waals surface area contributed by atoms with Gasteiger partial charge in [-0.25, -0.2) is 4.98 Å². The molecular formula is C18H18ClN3O4. The van der Waals surface area contributed by atoms with Gasteiger partial charge in [0.25, 0.3) is 5.69 Å². The lowest BCUT2D eigenvalue weighted by Crippen LogP contribution is -2.01. The quantitative estimate of drug-likeness (QED) is 0.464. The number of benzene rings is 2. The molecule has 0 spiro atoms. The molecule has 26 heavy (non-hydrogen) atoms. The van der Waals surface area contributed by atoms with Crippen LogP contribution in [0.2, 0.25) is 5.02 Å². The zero-order chi connectivity index (χ0) is 18.7. The van der Waals surface area contributed by atoms with E-state index in [2.05, 4.69) is 9.97 Å². The normalized spacial score (nSPS) is 10.9. The van der Waals surface area contributed by atoms with Crippen molar-refractivity contribution in [1.29, 1.82) is 0 Å². The number of aromatic nitrogens is 2. The molecule has 8 heteroatoms. The van der Waals surface area contributed by atoms with Gasteiger partial charge >= 0.3 is 0 Å². The second-order valence-electron chi connectivity index (χ2n) is 5.61. The second-order valence-corrected chi connectivity index (χ2v) is 6.02. The highest BCUT2D eigenvalue weighted by molar-refractivity contribution is 6.32. The summed E-state index contributed by atoms with van der Waals surface area (Å²) in [4.78, 5) is 18.1. The van der Waals surface area contributed by atoms with Crippen LogP contribution in [-0.4, -0.2) is 28.1 Å². The maximum absolute atomic E-state index is 10.9. The minimum atomic E-state index is -0.441. The highest BCUT2D eigenvalue weighted by atomic mass is 35.5. The number of hydrogen-bond donors (Lipinski definition) is 1. The third-order valence-electron chi connectivity index (χ3n) is 3.71. The topological polar surface area (TPSA) is 90.3 Å². The molecule has 0 fully saturated rings. The number of aromatic amines is 1. The van der Waals surface area contributed by atoms with Gasteiger partial charge in [0.2, 0.25) is 0 Å². The van der Waals surface area contributed by atoms with Gasteiger partial charge in [-0.3, -0.25) is 10.1 Å². The molecule has 0 unspecified atom stereocenters. The first kappa shape index (κ1) is 18.0. The molecule has 1 heterocycles. The number of H-pyrrole nitrogens is 1. The van der Waals surface area contributed by atoms with Gasteiger partial charge in [0.05, 0.1) is 34.2 Å². The van der Waals surface area contributed by atoms with E-state index in [9.17, 15) is 10.1 Å². The molecular weight excluding hydrogens is 358 g/mol. The van der Waals surface area contributed by atoms with Crippen LogP contribution in [0.25, 0.3) is 22.4 Å². The molecule has 136 valence electrons. The fourth-order valence-corrected chi connectivity index (χ4v) is 2.82. The van der Waals surface area contributed by atoms with Gasteiger partial charge in [0, 0.05) is 17.7 Å². The molecule has 0 aliphatic carbocycles. The molecule has 0 saturated carbocycles. The molecule has 1 N–H and O–H groups in total. The Morgan fingerprint density at radius 1 is 1.23 bits per heavy atom. The summed E-state index contributed by atoms with van der Waals surface area (Å²) < 4.78 is 11.4. The average molecular weight is 376 g/mol. The van der Waals surface area contributed by atoms with Crippen LogP contribution in [0.15, 0.2) is 30.3 Å². The maximum atomic E-state index is 10.9. The zero-order valence-corrected chi connectivity index (χ0v) is 15.2. The van der Waals surface area contributed by atoms with Gasteiger partial charge < -0.3 is 14.5 Å². The summed E-state index contributed by atoms with van der Waals surface area (Å²) in [6.07, 6.45) is 0.853. The van der Waals surface area contributed by atoms with Crippen LogP contribution < -0.4 is 9.47 Å². The predicted molar refractivity (Wildman–Crippen MR) is 100 cm³/mol. The minimum absolute atomic E-state index is 0.00375. The summed E-state index contributed by atoms with van der Waals surface area (Å²) in [5, 5.41) is 11.4. The van der Waals surface area contributed by atoms with Crippen molar-refractivity contribution in [2.75, 3.05) is 13.2 Å². The Labute approximate surface area is 155 Å². The summed E-state index contributed by atoms with van der Waals surface area (Å²) in [7, 11) is 0. The van der Waals surface area contributed by atoms with Gasteiger partial charge in [0.15, 0.2) is 11.5 Å². The first-order chi connectivity index (χ1) is 12.5. The number of fused-ring (bicyclic) bond motifs is 1. The highest BCUT2D eigenvalue weighted by Crippen LogP contribution is 2.39. The third-order valence-corrected chi connectivity index (χ3v) is 3.99. The summed E-state index contributed by atoms with van der Waals surface area (Å²) in [5.41, 5.74) is 1.92. The molecule has 3 aromatic rings. The summed E-state index contributed by atoms with van der Waals surface area (Å²) in [5.74, 6) is 1.59. The monoisotopic (exact) mass is 375 g/mol. The smallest absolute Gasteiger partial charge is 0.271 e. The number of ether oxygens (including phenoxy) is 2. The number of nitrogens with one attached hydrogen (secondary N) is 1. The van der Waals surface area contributed by atoms with E-state index < -0.39 is 4.92 Å². The van der Waals surface area contributed by atoms with Crippen molar-refractivity contribution in [3.63, 3.8) is 0 Å². The average Bonchev–Trinajstić information content (AvgIpc) is 3.04. The lowest BCUT2D eigenvalue weighted by atomic mass is 10.2. The first-order valence-electron chi connectivity index (χ1n) is 8.27. The molecule has 7 nitrogen and oxygen atoms in total. The van der Waals surface area contributed by atoms with Crippen LogP contribution in [0.4, 0.5) is 5.69 Å². The Morgan fingerprint density at radius 2 is 2.04 bits per heavy atom. The Morgan fingerprint density at radius 3 is 2.73 bits per heavy atom. The standard InChI is InChI=1S/C18H18ClN3O4/c1-3-7-26-17-13(19)8-11(9-16(17)25-4-2)18-20-14-6-5-12(22(23)24)10-15(14)21-18/h5-6,8-10H,3-4,7H2,1-2H3,(H,20,21). The number of halogens is 1. The Kier molecular flexibility index (Phi) is 5.27. The molecule has 1 aromatic heterocycles. The molecule has 0 saturated heterocycles. The minimum Gasteiger partial charge on any atom is -0.490 e. The van der Waals surface area contributed by atoms with E-state index >= 15 is 0 Å². The highest BCUT2D eigenvalue weighted by Gasteiger charge is 2.16. The van der Waals surface area contributed by atoms with E-state index in [0.717, 1.165) is 6.42 Å². The van der Waals surface area contributed by atoms with Gasteiger partial charge in [-0.05, 0) is 31.5 Å². The van der Waals surface area contributed by atoms with Crippen molar-refractivity contribution in [3.8, 4) is 22.9 Å². The summed E-state index contributed by atoms with van der Waals surface area (Å²) in [6.45, 7) is 4.89. The Hall–Kier alpha value is -2.80. The van der Waals surface area contributed by atoms with Crippen molar-refractivity contribution in [3.05, 3.63) is 45.5 Å². The van der Waals surface area contributed by atoms with Crippen LogP contribution >= 0.6 is 11.6 Å². The number of imidazole rings is 1. The number of nitrogens with zero attached hydrogens (tertiary/aromatic N) is 2. The third kappa shape index (κ3) is 3.57. The van der Waals surface area contributed by atoms with Crippen molar-refractivity contribution in [2.45, 2.75) is 20.3 Å². The van der Waals surface area contributed by atoms with Gasteiger partial charge in [-0.1, -0.05) is 18.5 Å². The van der Waals surface area contributed by atoms with Crippen molar-refractivity contribution >= 4 is 28.3 Å². The SMILES string of the molecule is CCCOc1c(Cl)cc(-c2nc3ccc([N+](=O)[O-])cc3[nH]2)cc1OCC. The number of nitro benzene ring substituents is 1. The van der Waals surface area contributed by atoms with E-state index in [0.29, 0.717) is 52.2 Å². The van der Waals surface area contributed by atoms with E-state index in [1.54, 1.807) is 18.2 Å². The number of rotatable bonds is 7. The molecule has 0 bridgehead atoms. The van der Waals surface area contributed by atoms with E-state index in [-0.39, 0.29) is 5.69 Å². The Balaban J connectivity index is 2.05. The first-order valence-corrected chi connectivity index (χ1v) is 8.65. The van der Waals surface area contributed by atoms with E-state index in [1.165, 1.54) is 12.1 Å². The maximum Gasteiger partial charge on any atom is 0.271 e. The molecule has 0 radical (unpaired) electrons. The van der Waals surface area contributed by atoms with Crippen LogP contribution in [-0.2, 0) is 0 Å². The largest absolute Gasteiger partial charge is 0.490 e. The van der Waals surface area contributed by atoms with Crippen LogP contribution in [0.5, 0.6) is 11.5 Å². The molecule has 0 aliphatic heterocycles. The number of nitro groups is 1. The van der Waals surface area contributed by atoms with Crippen molar-refractivity contribution in [2.24, 2.45) is 0 Å². The zero-order valence-electron chi connectivity index (χ0n) is 14.4. The second kappa shape index (κ2) is 7.61. The van der Waals surface area contributed by atoms with Crippen LogP contribution in [0.3, 0.4) is 0 Å². The fourth-order valence-electron chi connectivity index (χ4n) is 2.56. The molecule has 2 aromatic carbocycles. The number of non-ortho nitro benzene ring substituents is 1. The number of hydrogen-bond acceptors (Lipinski definition) is 5. The van der Waals surface area contributed by atoms with Gasteiger partial charge in [-0.2, -0.15) is 0 Å². The Bertz CT molecular complexity index is 955. The molecule has 0 atom stereocenters. The lowest BCUT2D eigenvalue weighted by molar-refractivity contribution is -0.384. The molecule has 3 rings (SSSR count). The van der Waals surface area contributed by atoms with Crippen molar-refractivity contribution < 1.29 is 14.4 Å². The fraction of sp³-hybridized carbons (Fsp3) is 0.278. The van der Waals surface area contributed by atoms with Crippen molar-refractivity contribution in [1.82, 2.24) is 9.97 Å². The predicted octanol–water partition coefficient (Wildman–Crippen LogP) is 4.98. The molecule has 0 amide bonds. The summed E-state index contributed by atoms with van der Waals surface area (Å²) >= 11 is 6.39.